The second-order valence-electron chi connectivity index (χ2n) is 6.85. The number of Topliss-reactive ketones (excluding diaryl/α,β-unsaturated/α-hetero) is 1. The van der Waals surface area contributed by atoms with E-state index in [2.05, 4.69) is 18.3 Å². The van der Waals surface area contributed by atoms with Crippen molar-refractivity contribution in [2.24, 2.45) is 17.8 Å². The lowest BCUT2D eigenvalue weighted by Crippen LogP contribution is -2.40. The van der Waals surface area contributed by atoms with Crippen molar-refractivity contribution in [2.45, 2.75) is 52.4 Å². The molecule has 2 atom stereocenters. The standard InChI is InChI=1S/C19H25NO2/c1-3-13-7-4-6-12(2)17(13)20-19(22)16-10-14-8-5-9-15(11-16)18(14)21/h4,6-7,14-16H,3,5,8-11H2,1-2H3,(H,20,22). The Morgan fingerprint density at radius 1 is 1.23 bits per heavy atom. The summed E-state index contributed by atoms with van der Waals surface area (Å²) in [5, 5.41) is 3.15. The summed E-state index contributed by atoms with van der Waals surface area (Å²) in [5.74, 6) is 0.780. The van der Waals surface area contributed by atoms with Gasteiger partial charge < -0.3 is 5.32 Å². The Labute approximate surface area is 132 Å². The number of fused-ring (bicyclic) bond motifs is 2. The number of carbonyl (C=O) groups is 2. The maximum atomic E-state index is 12.7. The van der Waals surface area contributed by atoms with Crippen LogP contribution in [0.1, 0.15) is 50.2 Å². The first kappa shape index (κ1) is 15.3. The molecule has 3 nitrogen and oxygen atoms in total. The minimum absolute atomic E-state index is 0.00249. The van der Waals surface area contributed by atoms with Crippen LogP contribution < -0.4 is 5.32 Å². The molecule has 1 amide bonds. The maximum Gasteiger partial charge on any atom is 0.227 e. The van der Waals surface area contributed by atoms with E-state index in [4.69, 9.17) is 0 Å². The van der Waals surface area contributed by atoms with Gasteiger partial charge in [0.1, 0.15) is 5.78 Å². The van der Waals surface area contributed by atoms with E-state index in [0.29, 0.717) is 5.78 Å². The van der Waals surface area contributed by atoms with E-state index in [0.717, 1.165) is 49.8 Å². The van der Waals surface area contributed by atoms with Crippen molar-refractivity contribution in [1.82, 2.24) is 0 Å². The van der Waals surface area contributed by atoms with Crippen LogP contribution in [-0.2, 0) is 16.0 Å². The number of benzene rings is 1. The molecule has 0 saturated heterocycles. The quantitative estimate of drug-likeness (QED) is 0.920. The highest BCUT2D eigenvalue weighted by Crippen LogP contribution is 2.40. The van der Waals surface area contributed by atoms with Crippen LogP contribution in [0.25, 0.3) is 0 Å². The lowest BCUT2D eigenvalue weighted by atomic mass is 9.67. The summed E-state index contributed by atoms with van der Waals surface area (Å²) in [6.07, 6.45) is 5.50. The topological polar surface area (TPSA) is 46.2 Å². The van der Waals surface area contributed by atoms with Crippen LogP contribution in [0, 0.1) is 24.7 Å². The van der Waals surface area contributed by atoms with Crippen molar-refractivity contribution >= 4 is 17.4 Å². The summed E-state index contributed by atoms with van der Waals surface area (Å²) in [6.45, 7) is 4.14. The van der Waals surface area contributed by atoms with Gasteiger partial charge in [-0.25, -0.2) is 0 Å². The fourth-order valence-electron chi connectivity index (χ4n) is 4.12. The summed E-state index contributed by atoms with van der Waals surface area (Å²) >= 11 is 0. The number of rotatable bonds is 3. The zero-order valence-corrected chi connectivity index (χ0v) is 13.5. The average molecular weight is 299 g/mol. The third-order valence-electron chi connectivity index (χ3n) is 5.41. The highest BCUT2D eigenvalue weighted by atomic mass is 16.2. The highest BCUT2D eigenvalue weighted by molar-refractivity contribution is 5.96. The number of aryl methyl sites for hydroxylation is 2. The molecule has 2 aliphatic rings. The molecule has 2 bridgehead atoms. The molecule has 3 rings (SSSR count). The molecule has 2 saturated carbocycles. The molecule has 0 heterocycles. The second kappa shape index (κ2) is 6.23. The van der Waals surface area contributed by atoms with E-state index in [1.54, 1.807) is 0 Å². The molecule has 2 fully saturated rings. The number of ketones is 1. The van der Waals surface area contributed by atoms with Crippen molar-refractivity contribution in [3.63, 3.8) is 0 Å². The van der Waals surface area contributed by atoms with Crippen molar-refractivity contribution in [3.05, 3.63) is 29.3 Å². The van der Waals surface area contributed by atoms with Gasteiger partial charge in [-0.2, -0.15) is 0 Å². The summed E-state index contributed by atoms with van der Waals surface area (Å²) < 4.78 is 0. The molecular weight excluding hydrogens is 274 g/mol. The largest absolute Gasteiger partial charge is 0.325 e. The molecule has 0 aromatic heterocycles. The van der Waals surface area contributed by atoms with Crippen molar-refractivity contribution in [1.29, 1.82) is 0 Å². The van der Waals surface area contributed by atoms with Crippen molar-refractivity contribution in [3.8, 4) is 0 Å². The molecule has 0 spiro atoms. The Balaban J connectivity index is 1.74. The molecule has 3 heteroatoms. The first-order chi connectivity index (χ1) is 10.6. The van der Waals surface area contributed by atoms with Crippen LogP contribution in [0.2, 0.25) is 0 Å². The third kappa shape index (κ3) is 2.81. The number of para-hydroxylation sites is 1. The van der Waals surface area contributed by atoms with Gasteiger partial charge in [0.2, 0.25) is 5.91 Å². The number of hydrogen-bond donors (Lipinski definition) is 1. The summed E-state index contributed by atoms with van der Waals surface area (Å²) in [5.41, 5.74) is 3.26. The molecular formula is C19H25NO2. The van der Waals surface area contributed by atoms with Gasteiger partial charge in [0.05, 0.1) is 0 Å². The van der Waals surface area contributed by atoms with Crippen molar-refractivity contribution in [2.75, 3.05) is 5.32 Å². The van der Waals surface area contributed by atoms with E-state index in [9.17, 15) is 9.59 Å². The minimum atomic E-state index is -0.00249. The van der Waals surface area contributed by atoms with Gasteiger partial charge in [-0.15, -0.1) is 0 Å². The SMILES string of the molecule is CCc1cccc(C)c1NC(=O)C1CC2CCCC(C1)C2=O. The van der Waals surface area contributed by atoms with E-state index in [1.165, 1.54) is 5.56 Å². The zero-order valence-electron chi connectivity index (χ0n) is 13.5. The van der Waals surface area contributed by atoms with Crippen LogP contribution in [-0.4, -0.2) is 11.7 Å². The predicted molar refractivity (Wildman–Crippen MR) is 87.7 cm³/mol. The van der Waals surface area contributed by atoms with E-state index in [1.807, 2.05) is 19.1 Å². The van der Waals surface area contributed by atoms with Crippen molar-refractivity contribution < 1.29 is 9.59 Å². The van der Waals surface area contributed by atoms with Gasteiger partial charge >= 0.3 is 0 Å². The normalized spacial score (nSPS) is 27.5. The van der Waals surface area contributed by atoms with E-state index >= 15 is 0 Å². The molecule has 0 aliphatic heterocycles. The molecule has 1 N–H and O–H groups in total. The number of hydrogen-bond acceptors (Lipinski definition) is 2. The van der Waals surface area contributed by atoms with Crippen LogP contribution in [0.15, 0.2) is 18.2 Å². The van der Waals surface area contributed by atoms with Gasteiger partial charge in [-0.05, 0) is 50.2 Å². The molecule has 2 aliphatic carbocycles. The summed E-state index contributed by atoms with van der Waals surface area (Å²) in [7, 11) is 0. The highest BCUT2D eigenvalue weighted by Gasteiger charge is 2.41. The summed E-state index contributed by atoms with van der Waals surface area (Å²) in [6, 6.07) is 6.14. The third-order valence-corrected chi connectivity index (χ3v) is 5.41. The smallest absolute Gasteiger partial charge is 0.227 e. The fourth-order valence-corrected chi connectivity index (χ4v) is 4.12. The van der Waals surface area contributed by atoms with E-state index in [-0.39, 0.29) is 23.7 Å². The molecule has 1 aromatic carbocycles. The van der Waals surface area contributed by atoms with Crippen LogP contribution in [0.4, 0.5) is 5.69 Å². The van der Waals surface area contributed by atoms with Gasteiger partial charge in [0, 0.05) is 23.4 Å². The van der Waals surface area contributed by atoms with Gasteiger partial charge in [-0.1, -0.05) is 31.5 Å². The minimum Gasteiger partial charge on any atom is -0.325 e. The monoisotopic (exact) mass is 299 g/mol. The Morgan fingerprint density at radius 2 is 1.91 bits per heavy atom. The fraction of sp³-hybridized carbons (Fsp3) is 0.579. The van der Waals surface area contributed by atoms with Gasteiger partial charge in [0.25, 0.3) is 0 Å². The lowest BCUT2D eigenvalue weighted by Gasteiger charge is -2.37. The second-order valence-corrected chi connectivity index (χ2v) is 6.85. The molecule has 118 valence electrons. The lowest BCUT2D eigenvalue weighted by molar-refractivity contribution is -0.136. The predicted octanol–water partition coefficient (Wildman–Crippen LogP) is 3.89. The van der Waals surface area contributed by atoms with Crippen LogP contribution in [0.5, 0.6) is 0 Å². The molecule has 22 heavy (non-hydrogen) atoms. The zero-order chi connectivity index (χ0) is 15.7. The Hall–Kier alpha value is -1.64. The number of carbonyl (C=O) groups excluding carboxylic acids is 2. The maximum absolute atomic E-state index is 12.7. The van der Waals surface area contributed by atoms with Crippen LogP contribution >= 0.6 is 0 Å². The van der Waals surface area contributed by atoms with E-state index < -0.39 is 0 Å². The number of nitrogens with one attached hydrogen (secondary N) is 1. The Kier molecular flexibility index (Phi) is 4.32. The molecule has 2 unspecified atom stereocenters. The van der Waals surface area contributed by atoms with Gasteiger partial charge in [-0.3, -0.25) is 9.59 Å². The molecule has 1 aromatic rings. The summed E-state index contributed by atoms with van der Waals surface area (Å²) in [4.78, 5) is 24.9. The first-order valence-corrected chi connectivity index (χ1v) is 8.53. The Morgan fingerprint density at radius 3 is 2.55 bits per heavy atom. The average Bonchev–Trinajstić information content (AvgIpc) is 2.48. The van der Waals surface area contributed by atoms with Gasteiger partial charge in [0.15, 0.2) is 0 Å². The number of anilines is 1. The first-order valence-electron chi connectivity index (χ1n) is 8.53. The molecule has 0 radical (unpaired) electrons. The Bertz CT molecular complexity index is 577. The van der Waals surface area contributed by atoms with Crippen LogP contribution in [0.3, 0.4) is 0 Å². The number of amides is 1.